The van der Waals surface area contributed by atoms with Crippen molar-refractivity contribution in [3.8, 4) is 0 Å². The van der Waals surface area contributed by atoms with Gasteiger partial charge in [0.05, 0.1) is 24.9 Å². The summed E-state index contributed by atoms with van der Waals surface area (Å²) >= 11 is 0. The van der Waals surface area contributed by atoms with Crippen molar-refractivity contribution >= 4 is 39.0 Å². The second-order valence-electron chi connectivity index (χ2n) is 11.0. The van der Waals surface area contributed by atoms with Crippen molar-refractivity contribution in [2.24, 2.45) is 17.8 Å². The molecule has 0 bridgehead atoms. The lowest BCUT2D eigenvalue weighted by Crippen LogP contribution is -2.29. The van der Waals surface area contributed by atoms with E-state index < -0.39 is 10.0 Å². The molecule has 2 aromatic heterocycles. The van der Waals surface area contributed by atoms with E-state index in [0.29, 0.717) is 17.5 Å². The first kappa shape index (κ1) is 28.1. The number of benzene rings is 1. The zero-order valence-corrected chi connectivity index (χ0v) is 23.9. The fourth-order valence-corrected chi connectivity index (χ4v) is 6.57. The molecule has 8 nitrogen and oxygen atoms in total. The first-order valence-corrected chi connectivity index (χ1v) is 15.2. The largest absolute Gasteiger partial charge is 0.335 e. The van der Waals surface area contributed by atoms with E-state index in [4.69, 9.17) is 0 Å². The standard InChI is InChI=1S/C29H40N5O3S/c1-20(2)16-22-10-12-25(13-11-22)21(3)29(35)34-15-14-26-27(31-19-32-28(26)34)33(5)17-23-6-8-24(9-7-23)18-38(36,37)30-4/h10-15,17,19-21,23-24,30H,6-9,16,18H2,1-5H3/q+1. The summed E-state index contributed by atoms with van der Waals surface area (Å²) in [6.45, 7) is 6.34. The molecule has 0 aliphatic heterocycles. The highest BCUT2D eigenvalue weighted by Gasteiger charge is 2.27. The van der Waals surface area contributed by atoms with Gasteiger partial charge in [-0.15, -0.1) is 0 Å². The van der Waals surface area contributed by atoms with Gasteiger partial charge in [-0.25, -0.2) is 17.7 Å². The molecule has 9 heteroatoms. The molecule has 4 rings (SSSR count). The van der Waals surface area contributed by atoms with E-state index in [9.17, 15) is 13.2 Å². The van der Waals surface area contributed by atoms with Crippen LogP contribution in [0.25, 0.3) is 11.0 Å². The van der Waals surface area contributed by atoms with E-state index in [1.54, 1.807) is 10.8 Å². The van der Waals surface area contributed by atoms with Crippen LogP contribution in [0.5, 0.6) is 0 Å². The van der Waals surface area contributed by atoms with Gasteiger partial charge in [-0.1, -0.05) is 38.1 Å². The first-order valence-electron chi connectivity index (χ1n) is 13.5. The zero-order valence-electron chi connectivity index (χ0n) is 23.1. The van der Waals surface area contributed by atoms with Crippen molar-refractivity contribution in [2.75, 3.05) is 19.8 Å². The van der Waals surface area contributed by atoms with Crippen LogP contribution in [0.15, 0.2) is 42.9 Å². The highest BCUT2D eigenvalue weighted by molar-refractivity contribution is 7.89. The van der Waals surface area contributed by atoms with E-state index >= 15 is 0 Å². The summed E-state index contributed by atoms with van der Waals surface area (Å²) in [5.74, 6) is 1.76. The van der Waals surface area contributed by atoms with E-state index in [1.165, 1.54) is 18.9 Å². The van der Waals surface area contributed by atoms with Crippen LogP contribution in [0.4, 0.5) is 5.82 Å². The predicted octanol–water partition coefficient (Wildman–Crippen LogP) is 4.77. The van der Waals surface area contributed by atoms with E-state index in [0.717, 1.165) is 48.9 Å². The molecule has 1 unspecified atom stereocenters. The third kappa shape index (κ3) is 6.56. The summed E-state index contributed by atoms with van der Waals surface area (Å²) in [4.78, 5) is 22.4. The molecule has 1 saturated carbocycles. The van der Waals surface area contributed by atoms with Crippen molar-refractivity contribution < 1.29 is 17.8 Å². The Kier molecular flexibility index (Phi) is 8.78. The number of hydrogen-bond acceptors (Lipinski definition) is 5. The number of sulfonamides is 1. The van der Waals surface area contributed by atoms with Gasteiger partial charge in [0.15, 0.2) is 5.65 Å². The molecular formula is C29H40N5O3S+. The normalized spacial score (nSPS) is 19.7. The Morgan fingerprint density at radius 2 is 1.79 bits per heavy atom. The molecule has 2 heterocycles. The van der Waals surface area contributed by atoms with E-state index in [1.807, 2.05) is 24.6 Å². The van der Waals surface area contributed by atoms with Crippen LogP contribution >= 0.6 is 0 Å². The minimum absolute atomic E-state index is 0.0252. The van der Waals surface area contributed by atoms with Crippen molar-refractivity contribution in [2.45, 2.75) is 58.8 Å². The van der Waals surface area contributed by atoms with Crippen molar-refractivity contribution in [3.05, 3.63) is 54.0 Å². The molecule has 38 heavy (non-hydrogen) atoms. The molecule has 0 radical (unpaired) electrons. The van der Waals surface area contributed by atoms with Crippen LogP contribution in [-0.4, -0.2) is 59.5 Å². The van der Waals surface area contributed by atoms with Crippen LogP contribution in [0.2, 0.25) is 0 Å². The van der Waals surface area contributed by atoms with Gasteiger partial charge in [-0.3, -0.25) is 9.36 Å². The van der Waals surface area contributed by atoms with E-state index in [-0.39, 0.29) is 23.5 Å². The number of carbonyl (C=O) groups is 1. The summed E-state index contributed by atoms with van der Waals surface area (Å²) in [5.41, 5.74) is 2.87. The van der Waals surface area contributed by atoms with Crippen molar-refractivity contribution in [1.29, 1.82) is 0 Å². The predicted molar refractivity (Wildman–Crippen MR) is 152 cm³/mol. The number of fused-ring (bicyclic) bond motifs is 1. The molecule has 3 aromatic rings. The van der Waals surface area contributed by atoms with Crippen molar-refractivity contribution in [1.82, 2.24) is 19.3 Å². The second-order valence-corrected chi connectivity index (χ2v) is 13.0. The zero-order chi connectivity index (χ0) is 27.4. The van der Waals surface area contributed by atoms with Gasteiger partial charge >= 0.3 is 5.82 Å². The average molecular weight is 539 g/mol. The molecule has 1 aromatic carbocycles. The van der Waals surface area contributed by atoms with Gasteiger partial charge in [0.25, 0.3) is 0 Å². The van der Waals surface area contributed by atoms with Crippen molar-refractivity contribution in [3.63, 3.8) is 0 Å². The molecule has 0 spiro atoms. The minimum Gasteiger partial charge on any atom is -0.273 e. The number of nitrogens with zero attached hydrogens (tertiary/aromatic N) is 4. The summed E-state index contributed by atoms with van der Waals surface area (Å²) in [6, 6.07) is 10.2. The quantitative estimate of drug-likeness (QED) is 0.313. The summed E-state index contributed by atoms with van der Waals surface area (Å²) < 4.78 is 29.9. The SMILES string of the molecule is CNS(=O)(=O)CC1CCC(C=[N+](C)c2ncnc3c2ccn3C(=O)C(C)c2ccc(CC(C)C)cc2)CC1. The Morgan fingerprint density at radius 1 is 1.11 bits per heavy atom. The Morgan fingerprint density at radius 3 is 2.42 bits per heavy atom. The van der Waals surface area contributed by atoms with Gasteiger partial charge < -0.3 is 0 Å². The molecule has 0 saturated heterocycles. The molecule has 1 N–H and O–H groups in total. The summed E-state index contributed by atoms with van der Waals surface area (Å²) in [7, 11) is 0.263. The molecular weight excluding hydrogens is 498 g/mol. The highest BCUT2D eigenvalue weighted by Crippen LogP contribution is 2.30. The van der Waals surface area contributed by atoms with Gasteiger partial charge in [0.2, 0.25) is 22.3 Å². The summed E-state index contributed by atoms with van der Waals surface area (Å²) in [6.07, 6.45) is 10.1. The van der Waals surface area contributed by atoms with Crippen LogP contribution in [0.1, 0.15) is 68.3 Å². The smallest absolute Gasteiger partial charge is 0.273 e. The first-order chi connectivity index (χ1) is 18.1. The number of aromatic nitrogens is 3. The number of hydrogen-bond donors (Lipinski definition) is 1. The molecule has 1 fully saturated rings. The fourth-order valence-electron chi connectivity index (χ4n) is 5.45. The maximum atomic E-state index is 13.5. The van der Waals surface area contributed by atoms with Crippen LogP contribution in [-0.2, 0) is 16.4 Å². The van der Waals surface area contributed by atoms with Gasteiger partial charge in [0, 0.05) is 12.1 Å². The third-order valence-electron chi connectivity index (χ3n) is 7.62. The molecule has 1 aliphatic rings. The maximum absolute atomic E-state index is 13.5. The van der Waals surface area contributed by atoms with Crippen LogP contribution in [0.3, 0.4) is 0 Å². The van der Waals surface area contributed by atoms with E-state index in [2.05, 4.69) is 59.0 Å². The summed E-state index contributed by atoms with van der Waals surface area (Å²) in [5, 5.41) is 0.827. The maximum Gasteiger partial charge on any atom is 0.335 e. The minimum atomic E-state index is -3.18. The fraction of sp³-hybridized carbons (Fsp3) is 0.517. The van der Waals surface area contributed by atoms with Crippen LogP contribution < -0.4 is 4.72 Å². The highest BCUT2D eigenvalue weighted by atomic mass is 32.2. The Hall–Kier alpha value is -2.91. The Bertz CT molecular complexity index is 1400. The molecule has 204 valence electrons. The Balaban J connectivity index is 1.49. The van der Waals surface area contributed by atoms with Gasteiger partial charge in [-0.05, 0) is 80.1 Å². The topological polar surface area (TPSA) is 97.0 Å². The molecule has 1 aliphatic carbocycles. The lowest BCUT2D eigenvalue weighted by Gasteiger charge is -2.25. The van der Waals surface area contributed by atoms with Gasteiger partial charge in [0.1, 0.15) is 5.39 Å². The third-order valence-corrected chi connectivity index (χ3v) is 9.15. The number of carbonyl (C=O) groups excluding carboxylic acids is 1. The molecule has 0 amide bonds. The Labute approximate surface area is 226 Å². The number of rotatable bonds is 9. The average Bonchev–Trinajstić information content (AvgIpc) is 3.33. The van der Waals surface area contributed by atoms with Gasteiger partial charge in [-0.2, -0.15) is 4.98 Å². The molecule has 1 atom stereocenters. The van der Waals surface area contributed by atoms with Crippen LogP contribution in [0, 0.1) is 17.8 Å². The monoisotopic (exact) mass is 538 g/mol. The number of nitrogens with one attached hydrogen (secondary N) is 1. The lowest BCUT2D eigenvalue weighted by atomic mass is 9.83. The second kappa shape index (κ2) is 11.9. The lowest BCUT2D eigenvalue weighted by molar-refractivity contribution is -0.405.